The molecule has 1 N–H and O–H groups in total. The highest BCUT2D eigenvalue weighted by molar-refractivity contribution is 9.10. The van der Waals surface area contributed by atoms with E-state index in [1.807, 2.05) is 18.0 Å². The van der Waals surface area contributed by atoms with E-state index in [2.05, 4.69) is 26.1 Å². The monoisotopic (exact) mass is 411 g/mol. The fourth-order valence-electron chi connectivity index (χ4n) is 3.53. The Balaban J connectivity index is 1.88. The molecule has 1 aromatic carbocycles. The molecule has 1 unspecified atom stereocenters. The summed E-state index contributed by atoms with van der Waals surface area (Å²) < 4.78 is 14.4. The van der Waals surface area contributed by atoms with Gasteiger partial charge >= 0.3 is 0 Å². The summed E-state index contributed by atoms with van der Waals surface area (Å²) in [5, 5.41) is 2.85. The van der Waals surface area contributed by atoms with E-state index < -0.39 is 11.5 Å². The second-order valence-electron chi connectivity index (χ2n) is 7.05. The zero-order valence-electron chi connectivity index (χ0n) is 14.5. The van der Waals surface area contributed by atoms with Gasteiger partial charge < -0.3 is 15.1 Å². The van der Waals surface area contributed by atoms with Crippen LogP contribution in [0.4, 0.5) is 4.39 Å². The fourth-order valence-corrected chi connectivity index (χ4v) is 3.78. The Morgan fingerprint density at radius 1 is 1.24 bits per heavy atom. The van der Waals surface area contributed by atoms with Crippen molar-refractivity contribution < 1.29 is 14.0 Å². The van der Waals surface area contributed by atoms with Gasteiger partial charge in [0.1, 0.15) is 11.9 Å². The summed E-state index contributed by atoms with van der Waals surface area (Å²) in [6, 6.07) is 4.33. The smallest absolute Gasteiger partial charge is 0.246 e. The standard InChI is InChI=1S/C18H23BrFN3O2/c1-12(24)21-16(17(25)23-9-7-22(2)8-10-23)18(5-6-18)13-3-4-14(19)15(20)11-13/h3-4,11,16H,5-10H2,1-2H3,(H,21,24). The third kappa shape index (κ3) is 3.72. The Morgan fingerprint density at radius 2 is 1.88 bits per heavy atom. The fraction of sp³-hybridized carbons (Fsp3) is 0.556. The normalized spacial score (nSPS) is 20.9. The number of nitrogens with one attached hydrogen (secondary N) is 1. The number of likely N-dealkylation sites (N-methyl/N-ethyl adjacent to an activating group) is 1. The summed E-state index contributed by atoms with van der Waals surface area (Å²) >= 11 is 3.17. The first-order valence-corrected chi connectivity index (χ1v) is 9.33. The first-order chi connectivity index (χ1) is 11.8. The zero-order valence-corrected chi connectivity index (χ0v) is 16.1. The SMILES string of the molecule is CC(=O)NC(C(=O)N1CCN(C)CC1)C1(c2ccc(Br)c(F)c2)CC1. The maximum absolute atomic E-state index is 14.0. The van der Waals surface area contributed by atoms with Crippen LogP contribution in [-0.4, -0.2) is 60.9 Å². The molecular formula is C18H23BrFN3O2. The summed E-state index contributed by atoms with van der Waals surface area (Å²) in [5.74, 6) is -0.655. The van der Waals surface area contributed by atoms with Crippen LogP contribution in [0.1, 0.15) is 25.3 Å². The predicted octanol–water partition coefficient (Wildman–Crippen LogP) is 1.90. The Labute approximate surface area is 155 Å². The minimum Gasteiger partial charge on any atom is -0.344 e. The number of hydrogen-bond donors (Lipinski definition) is 1. The molecule has 1 aliphatic heterocycles. The first-order valence-electron chi connectivity index (χ1n) is 8.53. The summed E-state index contributed by atoms with van der Waals surface area (Å²) in [6.45, 7) is 4.35. The van der Waals surface area contributed by atoms with Gasteiger partial charge in [-0.3, -0.25) is 9.59 Å². The number of benzene rings is 1. The van der Waals surface area contributed by atoms with Crippen molar-refractivity contribution in [1.82, 2.24) is 15.1 Å². The van der Waals surface area contributed by atoms with E-state index in [4.69, 9.17) is 0 Å². The van der Waals surface area contributed by atoms with Gasteiger partial charge in [-0.25, -0.2) is 4.39 Å². The lowest BCUT2D eigenvalue weighted by atomic mass is 9.86. The van der Waals surface area contributed by atoms with Crippen molar-refractivity contribution >= 4 is 27.7 Å². The number of nitrogens with zero attached hydrogens (tertiary/aromatic N) is 2. The molecule has 7 heteroatoms. The number of amides is 2. The number of piperazine rings is 1. The predicted molar refractivity (Wildman–Crippen MR) is 96.7 cm³/mol. The van der Waals surface area contributed by atoms with Crippen molar-refractivity contribution in [1.29, 1.82) is 0 Å². The minimum absolute atomic E-state index is 0.0656. The largest absolute Gasteiger partial charge is 0.344 e. The molecule has 0 radical (unpaired) electrons. The molecule has 1 saturated heterocycles. The maximum atomic E-state index is 14.0. The zero-order chi connectivity index (χ0) is 18.2. The van der Waals surface area contributed by atoms with Crippen LogP contribution in [0, 0.1) is 5.82 Å². The highest BCUT2D eigenvalue weighted by Gasteiger charge is 2.55. The Bertz CT molecular complexity index is 685. The van der Waals surface area contributed by atoms with Crippen LogP contribution in [-0.2, 0) is 15.0 Å². The molecule has 1 aliphatic carbocycles. The minimum atomic E-state index is -0.644. The van der Waals surface area contributed by atoms with Crippen molar-refractivity contribution in [3.8, 4) is 0 Å². The third-order valence-electron chi connectivity index (χ3n) is 5.25. The molecule has 0 spiro atoms. The average Bonchev–Trinajstić information content (AvgIpc) is 3.37. The molecule has 2 aliphatic rings. The molecule has 136 valence electrons. The third-order valence-corrected chi connectivity index (χ3v) is 5.89. The van der Waals surface area contributed by atoms with E-state index in [1.54, 1.807) is 6.07 Å². The first kappa shape index (κ1) is 18.3. The van der Waals surface area contributed by atoms with E-state index in [9.17, 15) is 14.0 Å². The highest BCUT2D eigenvalue weighted by atomic mass is 79.9. The van der Waals surface area contributed by atoms with Crippen LogP contribution < -0.4 is 5.32 Å². The molecule has 0 aromatic heterocycles. The average molecular weight is 412 g/mol. The molecule has 2 amide bonds. The van der Waals surface area contributed by atoms with Crippen molar-refractivity contribution in [3.63, 3.8) is 0 Å². The maximum Gasteiger partial charge on any atom is 0.246 e. The number of halogens is 2. The van der Waals surface area contributed by atoms with Crippen LogP contribution in [0.2, 0.25) is 0 Å². The molecule has 2 fully saturated rings. The van der Waals surface area contributed by atoms with E-state index in [-0.39, 0.29) is 17.6 Å². The van der Waals surface area contributed by atoms with Gasteiger partial charge in [-0.2, -0.15) is 0 Å². The number of rotatable bonds is 4. The van der Waals surface area contributed by atoms with Gasteiger partial charge in [-0.15, -0.1) is 0 Å². The molecule has 0 bridgehead atoms. The van der Waals surface area contributed by atoms with Crippen LogP contribution in [0.15, 0.2) is 22.7 Å². The highest BCUT2D eigenvalue weighted by Crippen LogP contribution is 2.52. The lowest BCUT2D eigenvalue weighted by Gasteiger charge is -2.37. The molecule has 25 heavy (non-hydrogen) atoms. The van der Waals surface area contributed by atoms with Crippen LogP contribution in [0.5, 0.6) is 0 Å². The van der Waals surface area contributed by atoms with E-state index in [1.165, 1.54) is 13.0 Å². The van der Waals surface area contributed by atoms with Crippen LogP contribution in [0.25, 0.3) is 0 Å². The molecule has 1 heterocycles. The number of hydrogen-bond acceptors (Lipinski definition) is 3. The van der Waals surface area contributed by atoms with Gasteiger partial charge in [0.25, 0.3) is 0 Å². The lowest BCUT2D eigenvalue weighted by molar-refractivity contribution is -0.138. The second kappa shape index (κ2) is 7.03. The van der Waals surface area contributed by atoms with Gasteiger partial charge in [-0.1, -0.05) is 6.07 Å². The molecule has 3 rings (SSSR count). The number of carbonyl (C=O) groups excluding carboxylic acids is 2. The summed E-state index contributed by atoms with van der Waals surface area (Å²) in [7, 11) is 2.03. The van der Waals surface area contributed by atoms with Crippen molar-refractivity contribution in [2.45, 2.75) is 31.2 Å². The lowest BCUT2D eigenvalue weighted by Crippen LogP contribution is -2.57. The molecular weight excluding hydrogens is 389 g/mol. The molecule has 1 aromatic rings. The summed E-state index contributed by atoms with van der Waals surface area (Å²) in [4.78, 5) is 28.9. The van der Waals surface area contributed by atoms with E-state index in [0.717, 1.165) is 31.5 Å². The summed E-state index contributed by atoms with van der Waals surface area (Å²) in [5.41, 5.74) is 0.266. The van der Waals surface area contributed by atoms with Gasteiger partial charge in [-0.05, 0) is 53.5 Å². The van der Waals surface area contributed by atoms with Crippen molar-refractivity contribution in [2.75, 3.05) is 33.2 Å². The topological polar surface area (TPSA) is 52.7 Å². The second-order valence-corrected chi connectivity index (χ2v) is 7.90. The van der Waals surface area contributed by atoms with Crippen molar-refractivity contribution in [2.24, 2.45) is 0 Å². The summed E-state index contributed by atoms with van der Waals surface area (Å²) in [6.07, 6.45) is 1.52. The van der Waals surface area contributed by atoms with Crippen LogP contribution in [0.3, 0.4) is 0 Å². The van der Waals surface area contributed by atoms with Gasteiger partial charge in [0.2, 0.25) is 11.8 Å². The Hall–Kier alpha value is -1.47. The van der Waals surface area contributed by atoms with Gasteiger partial charge in [0, 0.05) is 38.5 Å². The van der Waals surface area contributed by atoms with E-state index in [0.29, 0.717) is 17.6 Å². The van der Waals surface area contributed by atoms with Gasteiger partial charge in [0.05, 0.1) is 4.47 Å². The van der Waals surface area contributed by atoms with Crippen molar-refractivity contribution in [3.05, 3.63) is 34.1 Å². The number of carbonyl (C=O) groups is 2. The molecule has 1 saturated carbocycles. The molecule has 1 atom stereocenters. The molecule has 5 nitrogen and oxygen atoms in total. The Morgan fingerprint density at radius 3 is 2.40 bits per heavy atom. The van der Waals surface area contributed by atoms with E-state index >= 15 is 0 Å². The van der Waals surface area contributed by atoms with Gasteiger partial charge in [0.15, 0.2) is 0 Å². The Kier molecular flexibility index (Phi) is 5.16. The van der Waals surface area contributed by atoms with Crippen LogP contribution >= 0.6 is 15.9 Å². The quantitative estimate of drug-likeness (QED) is 0.822.